The van der Waals surface area contributed by atoms with E-state index >= 15 is 0 Å². The molecular formula is C10H12ClN5O4S. The van der Waals surface area contributed by atoms with Crippen LogP contribution in [-0.4, -0.2) is 42.1 Å². The van der Waals surface area contributed by atoms with Crippen LogP contribution in [0.25, 0.3) is 0 Å². The molecular weight excluding hydrogens is 322 g/mol. The Kier molecular flexibility index (Phi) is 4.14. The molecule has 2 amide bonds. The highest BCUT2D eigenvalue weighted by Gasteiger charge is 2.39. The summed E-state index contributed by atoms with van der Waals surface area (Å²) in [6.45, 7) is 0.925. The van der Waals surface area contributed by atoms with E-state index in [2.05, 4.69) is 15.7 Å². The number of nitrogens with zero attached hydrogens (tertiary/aromatic N) is 2. The number of piperazine rings is 1. The van der Waals surface area contributed by atoms with E-state index < -0.39 is 34.4 Å². The summed E-state index contributed by atoms with van der Waals surface area (Å²) in [6, 6.07) is 0.127. The van der Waals surface area contributed by atoms with Crippen LogP contribution in [0.2, 0.25) is 5.02 Å². The van der Waals surface area contributed by atoms with Gasteiger partial charge in [-0.2, -0.15) is 4.31 Å². The van der Waals surface area contributed by atoms with E-state index in [9.17, 15) is 18.0 Å². The number of nitrogens with one attached hydrogen (secondary N) is 2. The maximum absolute atomic E-state index is 12.5. The van der Waals surface area contributed by atoms with E-state index in [4.69, 9.17) is 17.4 Å². The standard InChI is InChI=1S/C10H12ClN5O4S/c1-5-10(18)14-8(17)4-16(5)21(19,20)6-2-7(11)9(15-12)13-3-6/h2-3,5H,4,12H2,1H3,(H,13,15)(H,14,17,18). The van der Waals surface area contributed by atoms with Crippen LogP contribution in [0.1, 0.15) is 6.92 Å². The van der Waals surface area contributed by atoms with Crippen LogP contribution >= 0.6 is 11.6 Å². The number of hydrogen-bond donors (Lipinski definition) is 3. The summed E-state index contributed by atoms with van der Waals surface area (Å²) in [5, 5.41) is 2.06. The normalized spacial score (nSPS) is 20.2. The van der Waals surface area contributed by atoms with Crippen LogP contribution in [0.5, 0.6) is 0 Å². The number of anilines is 1. The van der Waals surface area contributed by atoms with E-state index in [1.54, 1.807) is 0 Å². The average molecular weight is 334 g/mol. The Bertz CT molecular complexity index is 707. The molecule has 0 bridgehead atoms. The molecule has 1 aliphatic heterocycles. The second-order valence-corrected chi connectivity index (χ2v) is 6.58. The number of imide groups is 1. The molecule has 0 spiro atoms. The lowest BCUT2D eigenvalue weighted by Gasteiger charge is -2.30. The number of sulfonamides is 1. The van der Waals surface area contributed by atoms with Crippen LogP contribution in [0.4, 0.5) is 5.82 Å². The van der Waals surface area contributed by atoms with Gasteiger partial charge in [-0.25, -0.2) is 19.2 Å². The van der Waals surface area contributed by atoms with Gasteiger partial charge in [-0.05, 0) is 13.0 Å². The first-order valence-corrected chi connectivity index (χ1v) is 7.57. The zero-order chi connectivity index (χ0) is 15.8. The molecule has 11 heteroatoms. The minimum Gasteiger partial charge on any atom is -0.307 e. The summed E-state index contributed by atoms with van der Waals surface area (Å²) in [7, 11) is -4.09. The molecule has 114 valence electrons. The molecule has 9 nitrogen and oxygen atoms in total. The molecule has 2 rings (SSSR count). The molecule has 1 aromatic rings. The lowest BCUT2D eigenvalue weighted by molar-refractivity contribution is -0.136. The average Bonchev–Trinajstić information content (AvgIpc) is 2.42. The number of pyridine rings is 1. The van der Waals surface area contributed by atoms with Gasteiger partial charge < -0.3 is 5.43 Å². The number of halogens is 1. The molecule has 1 unspecified atom stereocenters. The maximum Gasteiger partial charge on any atom is 0.245 e. The van der Waals surface area contributed by atoms with E-state index in [0.29, 0.717) is 0 Å². The molecule has 21 heavy (non-hydrogen) atoms. The molecule has 0 aromatic carbocycles. The maximum atomic E-state index is 12.5. The van der Waals surface area contributed by atoms with Crippen molar-refractivity contribution in [3.8, 4) is 0 Å². The number of aromatic nitrogens is 1. The SMILES string of the molecule is CC1C(=O)NC(=O)CN1S(=O)(=O)c1cnc(NN)c(Cl)c1. The molecule has 0 radical (unpaired) electrons. The summed E-state index contributed by atoms with van der Waals surface area (Å²) < 4.78 is 25.8. The van der Waals surface area contributed by atoms with Crippen molar-refractivity contribution in [2.24, 2.45) is 5.84 Å². The van der Waals surface area contributed by atoms with Gasteiger partial charge in [0.2, 0.25) is 21.8 Å². The van der Waals surface area contributed by atoms with Crippen molar-refractivity contribution >= 4 is 39.3 Å². The Morgan fingerprint density at radius 1 is 1.52 bits per heavy atom. The minimum absolute atomic E-state index is 0.000912. The molecule has 1 aliphatic rings. The number of amides is 2. The van der Waals surface area contributed by atoms with E-state index in [-0.39, 0.29) is 15.7 Å². The second kappa shape index (κ2) is 5.56. The highest BCUT2D eigenvalue weighted by atomic mass is 35.5. The molecule has 1 aromatic heterocycles. The smallest absolute Gasteiger partial charge is 0.245 e. The van der Waals surface area contributed by atoms with Gasteiger partial charge >= 0.3 is 0 Å². The summed E-state index contributed by atoms with van der Waals surface area (Å²) >= 11 is 5.83. The van der Waals surface area contributed by atoms with Gasteiger partial charge in [0.25, 0.3) is 0 Å². The van der Waals surface area contributed by atoms with Crippen molar-refractivity contribution in [3.63, 3.8) is 0 Å². The molecule has 0 saturated carbocycles. The molecule has 1 atom stereocenters. The highest BCUT2D eigenvalue weighted by Crippen LogP contribution is 2.25. The Labute approximate surface area is 125 Å². The number of rotatable bonds is 3. The van der Waals surface area contributed by atoms with E-state index in [1.807, 2.05) is 0 Å². The Morgan fingerprint density at radius 2 is 2.19 bits per heavy atom. The van der Waals surface area contributed by atoms with Gasteiger partial charge in [0.05, 0.1) is 11.6 Å². The first-order valence-electron chi connectivity index (χ1n) is 5.75. The molecule has 1 fully saturated rings. The summed E-state index contributed by atoms with van der Waals surface area (Å²) in [4.78, 5) is 26.4. The van der Waals surface area contributed by atoms with Crippen LogP contribution in [0, 0.1) is 0 Å². The second-order valence-electron chi connectivity index (χ2n) is 4.28. The van der Waals surface area contributed by atoms with E-state index in [0.717, 1.165) is 16.6 Å². The van der Waals surface area contributed by atoms with Gasteiger partial charge in [0.1, 0.15) is 10.9 Å². The van der Waals surface area contributed by atoms with Gasteiger partial charge in [0.15, 0.2) is 5.82 Å². The van der Waals surface area contributed by atoms with Crippen LogP contribution in [-0.2, 0) is 19.6 Å². The summed E-state index contributed by atoms with van der Waals surface area (Å²) in [6.07, 6.45) is 1.04. The number of nitrogens with two attached hydrogens (primary N) is 1. The van der Waals surface area contributed by atoms with Gasteiger partial charge in [0, 0.05) is 6.20 Å². The Hall–Kier alpha value is -1.75. The first kappa shape index (κ1) is 15.6. The number of nitrogen functional groups attached to an aromatic ring is 1. The molecule has 0 aliphatic carbocycles. The quantitative estimate of drug-likeness (QED) is 0.369. The van der Waals surface area contributed by atoms with Crippen molar-refractivity contribution in [2.45, 2.75) is 17.9 Å². The zero-order valence-electron chi connectivity index (χ0n) is 10.8. The summed E-state index contributed by atoms with van der Waals surface area (Å²) in [5.41, 5.74) is 2.21. The fourth-order valence-corrected chi connectivity index (χ4v) is 3.60. The molecule has 2 heterocycles. The predicted octanol–water partition coefficient (Wildman–Crippen LogP) is -0.944. The first-order chi connectivity index (χ1) is 9.77. The Morgan fingerprint density at radius 3 is 2.76 bits per heavy atom. The van der Waals surface area contributed by atoms with Crippen LogP contribution < -0.4 is 16.6 Å². The topological polar surface area (TPSA) is 134 Å². The monoisotopic (exact) mass is 333 g/mol. The van der Waals surface area contributed by atoms with Crippen molar-refractivity contribution in [1.82, 2.24) is 14.6 Å². The van der Waals surface area contributed by atoms with Gasteiger partial charge in [-0.15, -0.1) is 0 Å². The van der Waals surface area contributed by atoms with Crippen molar-refractivity contribution in [1.29, 1.82) is 0 Å². The fraction of sp³-hybridized carbons (Fsp3) is 0.300. The summed E-state index contributed by atoms with van der Waals surface area (Å²) in [5.74, 6) is 3.88. The predicted molar refractivity (Wildman–Crippen MR) is 73.6 cm³/mol. The Balaban J connectivity index is 2.43. The van der Waals surface area contributed by atoms with Gasteiger partial charge in [-0.3, -0.25) is 14.9 Å². The van der Waals surface area contributed by atoms with E-state index in [1.165, 1.54) is 6.92 Å². The highest BCUT2D eigenvalue weighted by molar-refractivity contribution is 7.89. The number of hydrazine groups is 1. The minimum atomic E-state index is -4.09. The molecule has 1 saturated heterocycles. The number of carbonyl (C=O) groups excluding carboxylic acids is 2. The lowest BCUT2D eigenvalue weighted by atomic mass is 10.2. The fourth-order valence-electron chi connectivity index (χ4n) is 1.79. The third-order valence-electron chi connectivity index (χ3n) is 2.93. The van der Waals surface area contributed by atoms with Crippen LogP contribution in [0.3, 0.4) is 0 Å². The third-order valence-corrected chi connectivity index (χ3v) is 5.10. The number of carbonyl (C=O) groups is 2. The lowest BCUT2D eigenvalue weighted by Crippen LogP contribution is -2.58. The third kappa shape index (κ3) is 2.83. The van der Waals surface area contributed by atoms with Gasteiger partial charge in [-0.1, -0.05) is 11.6 Å². The van der Waals surface area contributed by atoms with Crippen molar-refractivity contribution in [2.75, 3.05) is 12.0 Å². The molecule has 4 N–H and O–H groups in total. The number of hydrogen-bond acceptors (Lipinski definition) is 7. The zero-order valence-corrected chi connectivity index (χ0v) is 12.4. The largest absolute Gasteiger partial charge is 0.307 e. The van der Waals surface area contributed by atoms with Crippen molar-refractivity contribution in [3.05, 3.63) is 17.3 Å². The van der Waals surface area contributed by atoms with Crippen molar-refractivity contribution < 1.29 is 18.0 Å². The van der Waals surface area contributed by atoms with Crippen LogP contribution in [0.15, 0.2) is 17.2 Å².